The van der Waals surface area contributed by atoms with Crippen LogP contribution in [0.3, 0.4) is 0 Å². The van der Waals surface area contributed by atoms with Crippen molar-refractivity contribution in [3.8, 4) is 0 Å². The molecule has 0 fully saturated rings. The minimum Gasteiger partial charge on any atom is -0.456 e. The number of rotatable bonds is 7. The number of thiophene rings is 1. The molecule has 0 radical (unpaired) electrons. The fraction of sp³-hybridized carbons (Fsp3) is 0.235. The molecule has 0 spiro atoms. The van der Waals surface area contributed by atoms with E-state index >= 15 is 0 Å². The Kier molecular flexibility index (Phi) is 6.66. The molecular weight excluding hydrogens is 369 g/mol. The molecule has 25 heavy (non-hydrogen) atoms. The first-order chi connectivity index (χ1) is 11.8. The van der Waals surface area contributed by atoms with Crippen molar-refractivity contribution in [2.24, 2.45) is 0 Å². The summed E-state index contributed by atoms with van der Waals surface area (Å²) in [7, 11) is 0. The van der Waals surface area contributed by atoms with E-state index in [1.165, 1.54) is 12.1 Å². The third-order valence-electron chi connectivity index (χ3n) is 3.17. The van der Waals surface area contributed by atoms with Crippen molar-refractivity contribution in [2.75, 3.05) is 11.9 Å². The van der Waals surface area contributed by atoms with Gasteiger partial charge in [0.15, 0.2) is 12.4 Å². The van der Waals surface area contributed by atoms with Crippen LogP contribution in [-0.2, 0) is 14.3 Å². The first-order valence-electron chi connectivity index (χ1n) is 7.35. The molecule has 1 aromatic carbocycles. The fourth-order valence-electron chi connectivity index (χ4n) is 1.93. The molecule has 2 rings (SSSR count). The zero-order chi connectivity index (χ0) is 18.4. The van der Waals surface area contributed by atoms with Gasteiger partial charge >= 0.3 is 5.97 Å². The molecule has 1 aromatic heterocycles. The average Bonchev–Trinajstić information content (AvgIpc) is 3.00. The summed E-state index contributed by atoms with van der Waals surface area (Å²) < 4.78 is 18.9. The van der Waals surface area contributed by atoms with Gasteiger partial charge < -0.3 is 10.1 Å². The minimum absolute atomic E-state index is 0.0106. The average molecular weight is 384 g/mol. The highest BCUT2D eigenvalue weighted by atomic mass is 35.5. The first-order valence-corrected chi connectivity index (χ1v) is 8.55. The summed E-state index contributed by atoms with van der Waals surface area (Å²) >= 11 is 6.87. The largest absolute Gasteiger partial charge is 0.456 e. The van der Waals surface area contributed by atoms with Crippen LogP contribution >= 0.6 is 22.9 Å². The predicted molar refractivity (Wildman–Crippen MR) is 93.6 cm³/mol. The van der Waals surface area contributed by atoms with Crippen LogP contribution in [0.2, 0.25) is 4.34 Å². The van der Waals surface area contributed by atoms with E-state index in [1.807, 2.05) is 0 Å². The van der Waals surface area contributed by atoms with Crippen molar-refractivity contribution in [1.82, 2.24) is 0 Å². The Morgan fingerprint density at radius 2 is 1.96 bits per heavy atom. The molecular formula is C17H15ClFNO4S. The molecule has 0 saturated carbocycles. The monoisotopic (exact) mass is 383 g/mol. The lowest BCUT2D eigenvalue weighted by Crippen LogP contribution is -2.21. The first kappa shape index (κ1) is 19.1. The number of Topliss-reactive ketones (excluding diaryl/α,β-unsaturated/α-hetero) is 1. The molecule has 5 nitrogen and oxygen atoms in total. The second kappa shape index (κ2) is 8.73. The standard InChI is InChI=1S/C17H15ClFNO4S/c1-10-2-3-12(11(19)8-10)20-16(22)9-24-17(23)7-4-13(21)14-5-6-15(18)25-14/h2-3,5-6,8H,4,7,9H2,1H3,(H,20,22). The summed E-state index contributed by atoms with van der Waals surface area (Å²) in [5.41, 5.74) is 0.732. The van der Waals surface area contributed by atoms with E-state index in [-0.39, 0.29) is 24.3 Å². The zero-order valence-electron chi connectivity index (χ0n) is 13.3. The van der Waals surface area contributed by atoms with Crippen molar-refractivity contribution in [3.63, 3.8) is 0 Å². The second-order valence-electron chi connectivity index (χ2n) is 5.22. The highest BCUT2D eigenvalue weighted by Crippen LogP contribution is 2.23. The number of benzene rings is 1. The van der Waals surface area contributed by atoms with Crippen LogP contribution in [0, 0.1) is 12.7 Å². The van der Waals surface area contributed by atoms with Gasteiger partial charge in [0, 0.05) is 6.42 Å². The summed E-state index contributed by atoms with van der Waals surface area (Å²) in [5, 5.41) is 2.32. The van der Waals surface area contributed by atoms with E-state index in [0.29, 0.717) is 9.21 Å². The number of aryl methyl sites for hydroxylation is 1. The van der Waals surface area contributed by atoms with Crippen LogP contribution in [0.5, 0.6) is 0 Å². The molecule has 0 unspecified atom stereocenters. The molecule has 0 atom stereocenters. The summed E-state index contributed by atoms with van der Waals surface area (Å²) in [6.07, 6.45) is -0.190. The van der Waals surface area contributed by atoms with E-state index in [0.717, 1.165) is 16.9 Å². The highest BCUT2D eigenvalue weighted by Gasteiger charge is 2.14. The minimum atomic E-state index is -0.685. The van der Waals surface area contributed by atoms with Crippen LogP contribution in [0.25, 0.3) is 0 Å². The Labute approximate surface area is 152 Å². The van der Waals surface area contributed by atoms with Gasteiger partial charge in [-0.05, 0) is 36.8 Å². The molecule has 0 aliphatic heterocycles. The van der Waals surface area contributed by atoms with E-state index in [2.05, 4.69) is 5.32 Å². The number of hydrogen-bond acceptors (Lipinski definition) is 5. The Morgan fingerprint density at radius 3 is 2.60 bits per heavy atom. The van der Waals surface area contributed by atoms with Crippen LogP contribution in [0.4, 0.5) is 10.1 Å². The lowest BCUT2D eigenvalue weighted by atomic mass is 10.2. The number of hydrogen-bond donors (Lipinski definition) is 1. The molecule has 2 aromatic rings. The third-order valence-corrected chi connectivity index (χ3v) is 4.44. The van der Waals surface area contributed by atoms with Crippen LogP contribution in [-0.4, -0.2) is 24.3 Å². The predicted octanol–water partition coefficient (Wildman–Crippen LogP) is 3.99. The lowest BCUT2D eigenvalue weighted by Gasteiger charge is -2.08. The number of amides is 1. The Morgan fingerprint density at radius 1 is 1.20 bits per heavy atom. The molecule has 132 valence electrons. The van der Waals surface area contributed by atoms with E-state index < -0.39 is 24.3 Å². The smallest absolute Gasteiger partial charge is 0.306 e. The summed E-state index contributed by atoms with van der Waals surface area (Å²) in [5.74, 6) is -2.14. The van der Waals surface area contributed by atoms with Gasteiger partial charge in [-0.15, -0.1) is 11.3 Å². The fourth-order valence-corrected chi connectivity index (χ4v) is 2.94. The topological polar surface area (TPSA) is 72.5 Å². The molecule has 1 amide bonds. The van der Waals surface area contributed by atoms with Crippen LogP contribution < -0.4 is 5.32 Å². The maximum absolute atomic E-state index is 13.6. The number of anilines is 1. The number of carbonyl (C=O) groups is 3. The van der Waals surface area contributed by atoms with Crippen molar-refractivity contribution in [1.29, 1.82) is 0 Å². The third kappa shape index (κ3) is 5.95. The summed E-state index contributed by atoms with van der Waals surface area (Å²) in [6, 6.07) is 7.54. The Hall–Kier alpha value is -2.25. The van der Waals surface area contributed by atoms with Crippen LogP contribution in [0.1, 0.15) is 28.1 Å². The highest BCUT2D eigenvalue weighted by molar-refractivity contribution is 7.18. The number of nitrogens with one attached hydrogen (secondary N) is 1. The normalized spacial score (nSPS) is 10.4. The summed E-state index contributed by atoms with van der Waals surface area (Å²) in [4.78, 5) is 35.6. The van der Waals surface area contributed by atoms with Gasteiger partial charge in [-0.3, -0.25) is 14.4 Å². The molecule has 0 bridgehead atoms. The molecule has 1 heterocycles. The van der Waals surface area contributed by atoms with Crippen molar-refractivity contribution in [2.45, 2.75) is 19.8 Å². The molecule has 0 aliphatic rings. The van der Waals surface area contributed by atoms with Crippen molar-refractivity contribution >= 4 is 46.3 Å². The van der Waals surface area contributed by atoms with E-state index in [1.54, 1.807) is 25.1 Å². The molecule has 1 N–H and O–H groups in total. The van der Waals surface area contributed by atoms with Gasteiger partial charge in [-0.1, -0.05) is 17.7 Å². The number of halogens is 2. The van der Waals surface area contributed by atoms with Gasteiger partial charge in [0.2, 0.25) is 0 Å². The van der Waals surface area contributed by atoms with Gasteiger partial charge in [0.1, 0.15) is 5.82 Å². The lowest BCUT2D eigenvalue weighted by molar-refractivity contribution is -0.147. The van der Waals surface area contributed by atoms with Gasteiger partial charge in [-0.25, -0.2) is 4.39 Å². The SMILES string of the molecule is Cc1ccc(NC(=O)COC(=O)CCC(=O)c2ccc(Cl)s2)c(F)c1. The molecule has 0 aliphatic carbocycles. The van der Waals surface area contributed by atoms with Gasteiger partial charge in [0.05, 0.1) is 21.3 Å². The van der Waals surface area contributed by atoms with Crippen LogP contribution in [0.15, 0.2) is 30.3 Å². The Bertz CT molecular complexity index is 806. The zero-order valence-corrected chi connectivity index (χ0v) is 14.9. The Balaban J connectivity index is 1.74. The van der Waals surface area contributed by atoms with E-state index in [9.17, 15) is 18.8 Å². The number of ketones is 1. The number of carbonyl (C=O) groups excluding carboxylic acids is 3. The quantitative estimate of drug-likeness (QED) is 0.579. The maximum Gasteiger partial charge on any atom is 0.306 e. The molecule has 0 saturated heterocycles. The second-order valence-corrected chi connectivity index (χ2v) is 6.93. The van der Waals surface area contributed by atoms with Crippen molar-refractivity contribution in [3.05, 3.63) is 50.9 Å². The number of ether oxygens (including phenoxy) is 1. The molecule has 8 heteroatoms. The van der Waals surface area contributed by atoms with Gasteiger partial charge in [0.25, 0.3) is 5.91 Å². The van der Waals surface area contributed by atoms with Gasteiger partial charge in [-0.2, -0.15) is 0 Å². The maximum atomic E-state index is 13.6. The van der Waals surface area contributed by atoms with E-state index in [4.69, 9.17) is 16.3 Å². The van der Waals surface area contributed by atoms with Crippen molar-refractivity contribution < 1.29 is 23.5 Å². The number of esters is 1. The summed E-state index contributed by atoms with van der Waals surface area (Å²) in [6.45, 7) is 1.17.